The van der Waals surface area contributed by atoms with Gasteiger partial charge in [0.2, 0.25) is 5.91 Å². The van der Waals surface area contributed by atoms with Crippen LogP contribution in [0.5, 0.6) is 0 Å². The molecule has 424 valence electrons. The minimum atomic E-state index is -4.45. The summed E-state index contributed by atoms with van der Waals surface area (Å²) in [7, 11) is 1.48. The van der Waals surface area contributed by atoms with Gasteiger partial charge in [0.1, 0.15) is 19.3 Å². The molecular weight excluding hydrogens is 928 g/mol. The Bertz CT molecular complexity index is 1480. The number of amides is 1. The van der Waals surface area contributed by atoms with Crippen LogP contribution in [0.25, 0.3) is 0 Å². The predicted octanol–water partition coefficient (Wildman–Crippen LogP) is 18.4. The molecule has 0 fully saturated rings. The van der Waals surface area contributed by atoms with E-state index in [9.17, 15) is 19.0 Å². The van der Waals surface area contributed by atoms with Gasteiger partial charge >= 0.3 is 13.8 Å². The van der Waals surface area contributed by atoms with Crippen molar-refractivity contribution in [2.24, 2.45) is 0 Å². The van der Waals surface area contributed by atoms with Crippen molar-refractivity contribution in [2.75, 3.05) is 40.9 Å². The summed E-state index contributed by atoms with van der Waals surface area (Å²) in [4.78, 5) is 37.7. The van der Waals surface area contributed by atoms with Gasteiger partial charge in [-0.2, -0.15) is 0 Å². The second kappa shape index (κ2) is 52.9. The van der Waals surface area contributed by atoms with Gasteiger partial charge in [-0.1, -0.05) is 248 Å². The first-order valence-corrected chi connectivity index (χ1v) is 31.8. The first kappa shape index (κ1) is 70.5. The van der Waals surface area contributed by atoms with E-state index in [0.29, 0.717) is 23.9 Å². The Balaban J connectivity index is 5.35. The summed E-state index contributed by atoms with van der Waals surface area (Å²) in [5.41, 5.74) is 0. The van der Waals surface area contributed by atoms with Crippen LogP contribution in [0.3, 0.4) is 0 Å². The van der Waals surface area contributed by atoms with Crippen LogP contribution in [0.1, 0.15) is 265 Å². The molecule has 2 N–H and O–H groups in total. The Kier molecular flexibility index (Phi) is 51.0. The van der Waals surface area contributed by atoms with E-state index in [1.807, 2.05) is 33.3 Å². The lowest BCUT2D eigenvalue weighted by Gasteiger charge is -2.27. The van der Waals surface area contributed by atoms with E-state index in [-0.39, 0.29) is 31.5 Å². The lowest BCUT2D eigenvalue weighted by atomic mass is 10.0. The van der Waals surface area contributed by atoms with E-state index in [0.717, 1.165) is 89.9 Å². The number of unbranched alkanes of at least 4 members (excludes halogenated alkanes) is 28. The quantitative estimate of drug-likeness (QED) is 0.0205. The molecule has 0 aromatic heterocycles. The number of likely N-dealkylation sites (N-methyl/N-ethyl adjacent to an activating group) is 1. The van der Waals surface area contributed by atoms with Crippen molar-refractivity contribution >= 4 is 19.7 Å². The van der Waals surface area contributed by atoms with Gasteiger partial charge in [0.25, 0.3) is 0 Å². The molecule has 0 aliphatic carbocycles. The van der Waals surface area contributed by atoms with Crippen molar-refractivity contribution in [3.63, 3.8) is 0 Å². The fourth-order valence-electron chi connectivity index (χ4n) is 8.50. The summed E-state index contributed by atoms with van der Waals surface area (Å²) in [6, 6.07) is -0.862. The van der Waals surface area contributed by atoms with Crippen LogP contribution < -0.4 is 5.32 Å². The van der Waals surface area contributed by atoms with Crippen molar-refractivity contribution in [1.82, 2.24) is 5.32 Å². The largest absolute Gasteiger partial charge is 0.472 e. The van der Waals surface area contributed by atoms with Crippen LogP contribution in [-0.2, 0) is 27.9 Å². The first-order valence-electron chi connectivity index (χ1n) is 30.3. The van der Waals surface area contributed by atoms with Crippen molar-refractivity contribution in [3.05, 3.63) is 72.9 Å². The minimum absolute atomic E-state index is 0.0335. The maximum atomic E-state index is 13.5. The van der Waals surface area contributed by atoms with E-state index in [2.05, 4.69) is 86.8 Å². The fourth-order valence-corrected chi connectivity index (χ4v) is 9.23. The standard InChI is InChI=1S/C63H115N2O7P/c1-7-10-13-16-19-22-25-28-30-32-33-34-36-38-41-44-47-50-53-56-63(67)72-61(54-51-48-45-42-39-27-24-21-18-15-12-9-3)60(59-71-73(68,69)70-58-57-65(4,5)6)64-62(66)55-52-49-46-43-40-37-35-31-29-26-23-20-17-14-11-8-2/h10,13,19,22,28,30,33-34,38,41,51,54,60-61H,7-9,11-12,14-18,20-21,23-27,29,31-32,35-37,39-40,42-50,52-53,55-59H2,1-6H3,(H-,64,66,68,69)/p+1/b13-10-,22-19-,30-28-,34-33-,41-38-,54-51+. The van der Waals surface area contributed by atoms with Gasteiger partial charge in [0, 0.05) is 12.8 Å². The van der Waals surface area contributed by atoms with E-state index in [1.54, 1.807) is 0 Å². The van der Waals surface area contributed by atoms with Crippen molar-refractivity contribution in [1.29, 1.82) is 0 Å². The van der Waals surface area contributed by atoms with Crippen molar-refractivity contribution < 1.29 is 37.3 Å². The summed E-state index contributed by atoms with van der Waals surface area (Å²) >= 11 is 0. The molecule has 3 unspecified atom stereocenters. The lowest BCUT2D eigenvalue weighted by Crippen LogP contribution is -2.47. The molecule has 0 saturated heterocycles. The fraction of sp³-hybridized carbons (Fsp3) is 0.778. The van der Waals surface area contributed by atoms with Gasteiger partial charge in [-0.15, -0.1) is 0 Å². The highest BCUT2D eigenvalue weighted by Crippen LogP contribution is 2.43. The third kappa shape index (κ3) is 54.1. The number of esters is 1. The lowest BCUT2D eigenvalue weighted by molar-refractivity contribution is -0.870. The maximum absolute atomic E-state index is 13.5. The zero-order valence-corrected chi connectivity index (χ0v) is 49.3. The van der Waals surface area contributed by atoms with Crippen LogP contribution in [0.4, 0.5) is 0 Å². The van der Waals surface area contributed by atoms with Crippen molar-refractivity contribution in [3.8, 4) is 0 Å². The normalized spacial score (nSPS) is 14.2. The smallest absolute Gasteiger partial charge is 0.456 e. The maximum Gasteiger partial charge on any atom is 0.472 e. The van der Waals surface area contributed by atoms with Gasteiger partial charge in [-0.05, 0) is 76.7 Å². The van der Waals surface area contributed by atoms with Crippen molar-refractivity contribution in [2.45, 2.75) is 277 Å². The molecule has 0 heterocycles. The number of phosphoric acid groups is 1. The van der Waals surface area contributed by atoms with Gasteiger partial charge in [-0.3, -0.25) is 18.6 Å². The van der Waals surface area contributed by atoms with Crippen LogP contribution >= 0.6 is 7.82 Å². The van der Waals surface area contributed by atoms with E-state index >= 15 is 0 Å². The topological polar surface area (TPSA) is 111 Å². The Morgan fingerprint density at radius 1 is 0.493 bits per heavy atom. The number of phosphoric ester groups is 1. The number of quaternary nitrogens is 1. The second-order valence-electron chi connectivity index (χ2n) is 21.5. The molecule has 0 aliphatic rings. The minimum Gasteiger partial charge on any atom is -0.456 e. The number of nitrogens with one attached hydrogen (secondary N) is 1. The van der Waals surface area contributed by atoms with Gasteiger partial charge in [-0.25, -0.2) is 4.57 Å². The molecule has 10 heteroatoms. The zero-order valence-electron chi connectivity index (χ0n) is 48.4. The Morgan fingerprint density at radius 2 is 0.877 bits per heavy atom. The zero-order chi connectivity index (χ0) is 53.6. The molecule has 73 heavy (non-hydrogen) atoms. The molecule has 1 amide bonds. The van der Waals surface area contributed by atoms with Crippen LogP contribution in [-0.4, -0.2) is 74.3 Å². The summed E-state index contributed by atoms with van der Waals surface area (Å²) in [5.74, 6) is -0.538. The van der Waals surface area contributed by atoms with Crippen LogP contribution in [0.2, 0.25) is 0 Å². The monoisotopic (exact) mass is 1040 g/mol. The summed E-state index contributed by atoms with van der Waals surface area (Å²) in [6.07, 6.45) is 67.5. The number of nitrogens with zero attached hydrogens (tertiary/aromatic N) is 1. The number of ether oxygens (including phenoxy) is 1. The predicted molar refractivity (Wildman–Crippen MR) is 314 cm³/mol. The number of hydrogen-bond acceptors (Lipinski definition) is 6. The molecule has 0 rings (SSSR count). The molecule has 0 spiro atoms. The molecule has 9 nitrogen and oxygen atoms in total. The number of carbonyl (C=O) groups is 2. The number of allylic oxidation sites excluding steroid dienone is 11. The summed E-state index contributed by atoms with van der Waals surface area (Å²) in [5, 5.41) is 3.05. The van der Waals surface area contributed by atoms with Gasteiger partial charge < -0.3 is 19.4 Å². The third-order valence-electron chi connectivity index (χ3n) is 13.2. The van der Waals surface area contributed by atoms with Gasteiger partial charge in [0.05, 0.1) is 33.8 Å². The van der Waals surface area contributed by atoms with Crippen LogP contribution in [0.15, 0.2) is 72.9 Å². The number of rotatable bonds is 54. The molecule has 3 atom stereocenters. The highest BCUT2D eigenvalue weighted by Gasteiger charge is 2.30. The van der Waals surface area contributed by atoms with E-state index < -0.39 is 20.0 Å². The van der Waals surface area contributed by atoms with E-state index in [4.69, 9.17) is 13.8 Å². The Hall–Kier alpha value is -2.55. The average molecular weight is 1040 g/mol. The molecule has 0 saturated carbocycles. The molecule has 0 bridgehead atoms. The van der Waals surface area contributed by atoms with E-state index in [1.165, 1.54) is 135 Å². The highest BCUT2D eigenvalue weighted by molar-refractivity contribution is 7.47. The first-order chi connectivity index (χ1) is 35.4. The molecule has 0 aromatic carbocycles. The summed E-state index contributed by atoms with van der Waals surface area (Å²) in [6.45, 7) is 6.89. The van der Waals surface area contributed by atoms with Gasteiger partial charge in [0.15, 0.2) is 0 Å². The molecule has 0 radical (unpaired) electrons. The molecule has 0 aliphatic heterocycles. The second-order valence-corrected chi connectivity index (χ2v) is 23.0. The molecular formula is C63H116N2O7P+. The number of hydrogen-bond donors (Lipinski definition) is 2. The third-order valence-corrected chi connectivity index (χ3v) is 14.1. The summed E-state index contributed by atoms with van der Waals surface area (Å²) < 4.78 is 30.6. The van der Waals surface area contributed by atoms with Crippen LogP contribution in [0, 0.1) is 0 Å². The Labute approximate surface area is 451 Å². The average Bonchev–Trinajstić information content (AvgIpc) is 3.35. The SMILES string of the molecule is CC/C=C\C/C=C\C/C=C\C/C=C\C/C=C\CCCCCC(=O)OC(/C=C/CCCCCCCCCCCC)C(COP(=O)(O)OCC[N+](C)(C)C)NC(=O)CCCCCCCCCCCCCCCCCC. The highest BCUT2D eigenvalue weighted by atomic mass is 31.2. The Morgan fingerprint density at radius 3 is 1.33 bits per heavy atom. The molecule has 0 aromatic rings. The number of carbonyl (C=O) groups excluding carboxylic acids is 2.